The molecule has 0 radical (unpaired) electrons. The van der Waals surface area contributed by atoms with Crippen LogP contribution >= 0.6 is 23.1 Å². The molecule has 1 amide bonds. The number of nitrogens with one attached hydrogen (secondary N) is 2. The molecule has 10 nitrogen and oxygen atoms in total. The molecule has 0 spiro atoms. The number of carbonyl (C=O) groups excluding carboxylic acids is 1. The third kappa shape index (κ3) is 6.57. The minimum absolute atomic E-state index is 0.356. The van der Waals surface area contributed by atoms with Gasteiger partial charge in [-0.1, -0.05) is 40.4 Å². The number of methoxy groups -OCH3 is 1. The molecule has 0 saturated carbocycles. The molecule has 3 aromatic rings. The third-order valence-electron chi connectivity index (χ3n) is 3.91. The highest BCUT2D eigenvalue weighted by Crippen LogP contribution is 2.32. The van der Waals surface area contributed by atoms with E-state index in [1.165, 1.54) is 23.1 Å². The molecular weight excluding hydrogens is 452 g/mol. The maximum absolute atomic E-state index is 12.1. The van der Waals surface area contributed by atoms with Crippen LogP contribution in [0.1, 0.15) is 46.3 Å². The number of rotatable bonds is 8. The lowest BCUT2D eigenvalue weighted by Crippen LogP contribution is -2.44. The largest absolute Gasteiger partial charge is 0.495 e. The Bertz CT molecular complexity index is 1060. The van der Waals surface area contributed by atoms with Crippen LogP contribution in [0.4, 0.5) is 15.6 Å². The summed E-state index contributed by atoms with van der Waals surface area (Å²) in [5, 5.41) is 18.9. The Hall–Kier alpha value is -2.86. The number of hydrogen-bond donors (Lipinski definition) is 2. The van der Waals surface area contributed by atoms with Gasteiger partial charge in [-0.15, -0.1) is 10.2 Å². The fourth-order valence-corrected chi connectivity index (χ4v) is 4.09. The normalized spacial score (nSPS) is 11.8. The number of ether oxygens (including phenoxy) is 2. The van der Waals surface area contributed by atoms with Crippen molar-refractivity contribution in [3.8, 4) is 5.75 Å². The fraction of sp³-hybridized carbons (Fsp3) is 0.450. The predicted octanol–water partition coefficient (Wildman–Crippen LogP) is 4.73. The van der Waals surface area contributed by atoms with Gasteiger partial charge in [0.2, 0.25) is 11.0 Å². The average Bonchev–Trinajstić information content (AvgIpc) is 3.34. The van der Waals surface area contributed by atoms with Crippen LogP contribution in [0.25, 0.3) is 0 Å². The van der Waals surface area contributed by atoms with Crippen LogP contribution in [0, 0.1) is 0 Å². The molecule has 0 saturated heterocycles. The number of nitrogens with zero attached hydrogens (tertiary/aromatic N) is 4. The van der Waals surface area contributed by atoms with Gasteiger partial charge in [0.15, 0.2) is 10.2 Å². The molecule has 2 N–H and O–H groups in total. The first kappa shape index (κ1) is 23.8. The van der Waals surface area contributed by atoms with Gasteiger partial charge in [-0.2, -0.15) is 4.98 Å². The standard InChI is InChI=1S/C20H26N6O4S2/c1-19(2,3)29-17(27)23-20(4,5)15-22-14(30-26-15)11-31-18-25-24-16(32-18)21-12-9-7-8-10-13(12)28-6/h7-10H,11H2,1-6H3,(H,21,24)(H,23,27). The Morgan fingerprint density at radius 1 is 1.19 bits per heavy atom. The molecule has 0 fully saturated rings. The zero-order chi connectivity index (χ0) is 23.4. The molecule has 0 aliphatic rings. The van der Waals surface area contributed by atoms with Gasteiger partial charge in [-0.25, -0.2) is 4.79 Å². The van der Waals surface area contributed by atoms with E-state index in [2.05, 4.69) is 31.0 Å². The van der Waals surface area contributed by atoms with Gasteiger partial charge in [0.05, 0.1) is 18.6 Å². The second-order valence-corrected chi connectivity index (χ2v) is 10.5. The van der Waals surface area contributed by atoms with E-state index in [4.69, 9.17) is 14.0 Å². The summed E-state index contributed by atoms with van der Waals surface area (Å²) in [4.78, 5) is 16.5. The van der Waals surface area contributed by atoms with Gasteiger partial charge in [-0.05, 0) is 46.8 Å². The van der Waals surface area contributed by atoms with Gasteiger partial charge in [0.1, 0.15) is 16.9 Å². The SMILES string of the molecule is COc1ccccc1Nc1nnc(SCc2nc(C(C)(C)NC(=O)OC(C)(C)C)no2)s1. The predicted molar refractivity (Wildman–Crippen MR) is 122 cm³/mol. The fourth-order valence-electron chi connectivity index (χ4n) is 2.49. The number of hydrogen-bond acceptors (Lipinski definition) is 11. The maximum Gasteiger partial charge on any atom is 0.408 e. The van der Waals surface area contributed by atoms with E-state index in [0.717, 1.165) is 15.8 Å². The van der Waals surface area contributed by atoms with E-state index in [9.17, 15) is 4.79 Å². The van der Waals surface area contributed by atoms with Crippen LogP contribution in [0.3, 0.4) is 0 Å². The van der Waals surface area contributed by atoms with E-state index >= 15 is 0 Å². The van der Waals surface area contributed by atoms with Crippen molar-refractivity contribution in [3.05, 3.63) is 36.0 Å². The van der Waals surface area contributed by atoms with Crippen molar-refractivity contribution in [2.75, 3.05) is 12.4 Å². The average molecular weight is 479 g/mol. The van der Waals surface area contributed by atoms with Crippen molar-refractivity contribution in [1.82, 2.24) is 25.7 Å². The topological polar surface area (TPSA) is 124 Å². The smallest absolute Gasteiger partial charge is 0.408 e. The summed E-state index contributed by atoms with van der Waals surface area (Å²) < 4.78 is 16.7. The van der Waals surface area contributed by atoms with Crippen LogP contribution in [0.15, 0.2) is 33.1 Å². The second-order valence-electron chi connectivity index (χ2n) is 8.25. The lowest BCUT2D eigenvalue weighted by Gasteiger charge is -2.26. The first-order chi connectivity index (χ1) is 15.1. The zero-order valence-electron chi connectivity index (χ0n) is 18.8. The molecule has 32 heavy (non-hydrogen) atoms. The summed E-state index contributed by atoms with van der Waals surface area (Å²) in [7, 11) is 1.62. The molecule has 3 rings (SSSR count). The molecule has 0 unspecified atom stereocenters. The van der Waals surface area contributed by atoms with Crippen molar-refractivity contribution < 1.29 is 18.8 Å². The maximum atomic E-state index is 12.1. The third-order valence-corrected chi connectivity index (χ3v) is 5.87. The number of alkyl carbamates (subject to hydrolysis) is 1. The Balaban J connectivity index is 1.57. The van der Waals surface area contributed by atoms with Crippen LogP contribution in [-0.2, 0) is 16.0 Å². The highest BCUT2D eigenvalue weighted by atomic mass is 32.2. The van der Waals surface area contributed by atoms with Gasteiger partial charge in [-0.3, -0.25) is 0 Å². The first-order valence-electron chi connectivity index (χ1n) is 9.76. The van der Waals surface area contributed by atoms with Crippen molar-refractivity contribution in [2.24, 2.45) is 0 Å². The van der Waals surface area contributed by atoms with E-state index in [0.29, 0.717) is 22.6 Å². The summed E-state index contributed by atoms with van der Waals surface area (Å²) >= 11 is 2.83. The molecule has 0 bridgehead atoms. The highest BCUT2D eigenvalue weighted by molar-refractivity contribution is 8.00. The molecule has 2 heterocycles. The Morgan fingerprint density at radius 3 is 2.66 bits per heavy atom. The van der Waals surface area contributed by atoms with Crippen LogP contribution in [-0.4, -0.2) is 39.1 Å². The van der Waals surface area contributed by atoms with Crippen molar-refractivity contribution >= 4 is 40.0 Å². The van der Waals surface area contributed by atoms with Crippen molar-refractivity contribution in [1.29, 1.82) is 0 Å². The summed E-state index contributed by atoms with van der Waals surface area (Å²) in [5.74, 6) is 1.91. The number of carbonyl (C=O) groups is 1. The number of para-hydroxylation sites is 2. The van der Waals surface area contributed by atoms with E-state index < -0.39 is 17.2 Å². The molecule has 0 aliphatic heterocycles. The Morgan fingerprint density at radius 2 is 1.94 bits per heavy atom. The van der Waals surface area contributed by atoms with E-state index in [1.54, 1.807) is 41.7 Å². The summed E-state index contributed by atoms with van der Waals surface area (Å²) in [5.41, 5.74) is -0.646. The minimum atomic E-state index is -0.858. The summed E-state index contributed by atoms with van der Waals surface area (Å²) in [6.07, 6.45) is -0.549. The van der Waals surface area contributed by atoms with Crippen LogP contribution in [0.5, 0.6) is 5.75 Å². The molecular formula is C20H26N6O4S2. The van der Waals surface area contributed by atoms with Crippen LogP contribution in [0.2, 0.25) is 0 Å². The number of thioether (sulfide) groups is 1. The number of aromatic nitrogens is 4. The minimum Gasteiger partial charge on any atom is -0.495 e. The molecule has 0 aliphatic carbocycles. The van der Waals surface area contributed by atoms with Gasteiger partial charge in [0, 0.05) is 0 Å². The number of amides is 1. The summed E-state index contributed by atoms with van der Waals surface area (Å²) in [6.45, 7) is 8.95. The lowest BCUT2D eigenvalue weighted by molar-refractivity contribution is 0.0465. The zero-order valence-corrected chi connectivity index (χ0v) is 20.4. The van der Waals surface area contributed by atoms with E-state index in [1.807, 2.05) is 24.3 Å². The molecule has 1 aromatic carbocycles. The van der Waals surface area contributed by atoms with Crippen molar-refractivity contribution in [2.45, 2.75) is 55.9 Å². The number of anilines is 2. The Kier molecular flexibility index (Phi) is 7.24. The monoisotopic (exact) mass is 478 g/mol. The van der Waals surface area contributed by atoms with Gasteiger partial charge >= 0.3 is 6.09 Å². The quantitative estimate of drug-likeness (QED) is 0.439. The highest BCUT2D eigenvalue weighted by Gasteiger charge is 2.31. The molecule has 12 heteroatoms. The van der Waals surface area contributed by atoms with Gasteiger partial charge in [0.25, 0.3) is 0 Å². The molecule has 2 aromatic heterocycles. The molecule has 0 atom stereocenters. The van der Waals surface area contributed by atoms with Crippen molar-refractivity contribution in [3.63, 3.8) is 0 Å². The summed E-state index contributed by atoms with van der Waals surface area (Å²) in [6, 6.07) is 7.58. The van der Waals surface area contributed by atoms with Gasteiger partial charge < -0.3 is 24.6 Å². The number of benzene rings is 1. The lowest BCUT2D eigenvalue weighted by atomic mass is 10.1. The first-order valence-corrected chi connectivity index (χ1v) is 11.6. The van der Waals surface area contributed by atoms with E-state index in [-0.39, 0.29) is 0 Å². The molecule has 172 valence electrons. The van der Waals surface area contributed by atoms with Crippen LogP contribution < -0.4 is 15.4 Å². The Labute approximate surface area is 194 Å². The second kappa shape index (κ2) is 9.74.